The highest BCUT2D eigenvalue weighted by atomic mass is 16.5. The van der Waals surface area contributed by atoms with Gasteiger partial charge < -0.3 is 4.74 Å². The van der Waals surface area contributed by atoms with Crippen LogP contribution in [0.5, 0.6) is 0 Å². The Balaban J connectivity index is 1.63. The van der Waals surface area contributed by atoms with Gasteiger partial charge in [-0.05, 0) is 75.5 Å². The zero-order chi connectivity index (χ0) is 14.4. The second-order valence-corrected chi connectivity index (χ2v) is 7.33. The third kappa shape index (κ3) is 4.77. The lowest BCUT2D eigenvalue weighted by molar-refractivity contribution is 0.00343. The molecule has 0 aromatic rings. The molecule has 2 aliphatic carbocycles. The van der Waals surface area contributed by atoms with Gasteiger partial charge in [-0.1, -0.05) is 13.8 Å². The maximum Gasteiger partial charge on any atom is 0.0655 e. The lowest BCUT2D eigenvalue weighted by Crippen LogP contribution is -2.28. The highest BCUT2D eigenvalue weighted by Gasteiger charge is 2.30. The van der Waals surface area contributed by atoms with Crippen LogP contribution in [0, 0.1) is 35.0 Å². The van der Waals surface area contributed by atoms with Crippen molar-refractivity contribution in [2.75, 3.05) is 6.61 Å². The molecule has 0 saturated heterocycles. The molecule has 2 saturated carbocycles. The lowest BCUT2D eigenvalue weighted by atomic mass is 9.71. The first kappa shape index (κ1) is 15.8. The summed E-state index contributed by atoms with van der Waals surface area (Å²) < 4.78 is 6.02. The molecule has 0 atom stereocenters. The molecule has 0 heterocycles. The van der Waals surface area contributed by atoms with Crippen molar-refractivity contribution in [2.45, 2.75) is 77.7 Å². The SMILES string of the molecule is CC(C)CCOC1CCC(C2CCC(C#N)CC2)CC1. The highest BCUT2D eigenvalue weighted by Crippen LogP contribution is 2.40. The van der Waals surface area contributed by atoms with Crippen LogP contribution in [0.3, 0.4) is 0 Å². The summed E-state index contributed by atoms with van der Waals surface area (Å²) in [6.45, 7) is 5.47. The molecule has 0 N–H and O–H groups in total. The lowest BCUT2D eigenvalue weighted by Gasteiger charge is -2.36. The number of hydrogen-bond donors (Lipinski definition) is 0. The first-order chi connectivity index (χ1) is 9.69. The molecule has 0 aliphatic heterocycles. The van der Waals surface area contributed by atoms with E-state index in [0.29, 0.717) is 12.0 Å². The summed E-state index contributed by atoms with van der Waals surface area (Å²) >= 11 is 0. The summed E-state index contributed by atoms with van der Waals surface area (Å²) in [4.78, 5) is 0. The molecule has 0 aromatic heterocycles. The molecule has 2 fully saturated rings. The van der Waals surface area contributed by atoms with Gasteiger partial charge in [-0.2, -0.15) is 5.26 Å². The Bertz CT molecular complexity index is 304. The van der Waals surface area contributed by atoms with Crippen molar-refractivity contribution in [1.29, 1.82) is 5.26 Å². The zero-order valence-electron chi connectivity index (χ0n) is 13.3. The minimum Gasteiger partial charge on any atom is -0.378 e. The van der Waals surface area contributed by atoms with Crippen molar-refractivity contribution in [3.8, 4) is 6.07 Å². The summed E-state index contributed by atoms with van der Waals surface area (Å²) in [5, 5.41) is 8.98. The topological polar surface area (TPSA) is 33.0 Å². The number of hydrogen-bond acceptors (Lipinski definition) is 2. The molecule has 2 rings (SSSR count). The first-order valence-corrected chi connectivity index (χ1v) is 8.70. The zero-order valence-corrected chi connectivity index (χ0v) is 13.3. The van der Waals surface area contributed by atoms with Gasteiger partial charge in [0, 0.05) is 12.5 Å². The van der Waals surface area contributed by atoms with Crippen LogP contribution >= 0.6 is 0 Å². The number of ether oxygens (including phenoxy) is 1. The Hall–Kier alpha value is -0.550. The van der Waals surface area contributed by atoms with Gasteiger partial charge in [-0.25, -0.2) is 0 Å². The third-order valence-corrected chi connectivity index (χ3v) is 5.39. The Morgan fingerprint density at radius 1 is 0.950 bits per heavy atom. The first-order valence-electron chi connectivity index (χ1n) is 8.70. The molecule has 2 aliphatic rings. The van der Waals surface area contributed by atoms with Crippen LogP contribution in [0.1, 0.15) is 71.6 Å². The van der Waals surface area contributed by atoms with Crippen molar-refractivity contribution < 1.29 is 4.74 Å². The van der Waals surface area contributed by atoms with Crippen LogP contribution in [0.25, 0.3) is 0 Å². The fourth-order valence-electron chi connectivity index (χ4n) is 3.92. The predicted molar refractivity (Wildman–Crippen MR) is 82.2 cm³/mol. The van der Waals surface area contributed by atoms with Crippen LogP contribution in [0.4, 0.5) is 0 Å². The Labute approximate surface area is 124 Å². The molecule has 0 aromatic carbocycles. The van der Waals surface area contributed by atoms with Crippen LogP contribution < -0.4 is 0 Å². The molecular formula is C18H31NO. The van der Waals surface area contributed by atoms with E-state index in [2.05, 4.69) is 19.9 Å². The quantitative estimate of drug-likeness (QED) is 0.713. The van der Waals surface area contributed by atoms with Gasteiger partial charge in [0.15, 0.2) is 0 Å². The van der Waals surface area contributed by atoms with E-state index >= 15 is 0 Å². The minimum atomic E-state index is 0.349. The standard InChI is InChI=1S/C18H31NO/c1-14(2)11-12-20-18-9-7-17(8-10-18)16-5-3-15(13-19)4-6-16/h14-18H,3-12H2,1-2H3. The van der Waals surface area contributed by atoms with Crippen molar-refractivity contribution >= 4 is 0 Å². The molecule has 2 nitrogen and oxygen atoms in total. The van der Waals surface area contributed by atoms with Crippen molar-refractivity contribution in [1.82, 2.24) is 0 Å². The van der Waals surface area contributed by atoms with Crippen LogP contribution in [0.15, 0.2) is 0 Å². The van der Waals surface area contributed by atoms with Crippen LogP contribution in [-0.4, -0.2) is 12.7 Å². The number of nitriles is 1. The molecule has 2 heteroatoms. The summed E-state index contributed by atoms with van der Waals surface area (Å²) in [6.07, 6.45) is 11.8. The Morgan fingerprint density at radius 3 is 2.00 bits per heavy atom. The largest absolute Gasteiger partial charge is 0.378 e. The number of rotatable bonds is 5. The average molecular weight is 277 g/mol. The van der Waals surface area contributed by atoms with Gasteiger partial charge in [-0.3, -0.25) is 0 Å². The maximum atomic E-state index is 8.98. The monoisotopic (exact) mass is 277 g/mol. The summed E-state index contributed by atoms with van der Waals surface area (Å²) in [5.74, 6) is 2.92. The van der Waals surface area contributed by atoms with E-state index < -0.39 is 0 Å². The Morgan fingerprint density at radius 2 is 1.50 bits per heavy atom. The molecule has 114 valence electrons. The Kier molecular flexibility index (Phi) is 6.36. The maximum absolute atomic E-state index is 8.98. The van der Waals surface area contributed by atoms with E-state index in [1.807, 2.05) is 0 Å². The van der Waals surface area contributed by atoms with Crippen molar-refractivity contribution in [3.63, 3.8) is 0 Å². The normalized spacial score (nSPS) is 34.9. The molecule has 0 bridgehead atoms. The molecule has 0 spiro atoms. The molecule has 20 heavy (non-hydrogen) atoms. The van der Waals surface area contributed by atoms with Gasteiger partial charge in [0.25, 0.3) is 0 Å². The smallest absolute Gasteiger partial charge is 0.0655 e. The van der Waals surface area contributed by atoms with Gasteiger partial charge in [0.05, 0.1) is 12.2 Å². The van der Waals surface area contributed by atoms with Crippen molar-refractivity contribution in [2.24, 2.45) is 23.7 Å². The second kappa shape index (κ2) is 8.03. The van der Waals surface area contributed by atoms with E-state index in [4.69, 9.17) is 10.00 Å². The van der Waals surface area contributed by atoms with Gasteiger partial charge in [-0.15, -0.1) is 0 Å². The van der Waals surface area contributed by atoms with E-state index in [0.717, 1.165) is 37.2 Å². The fraction of sp³-hybridized carbons (Fsp3) is 0.944. The van der Waals surface area contributed by atoms with E-state index in [9.17, 15) is 0 Å². The average Bonchev–Trinajstić information content (AvgIpc) is 2.48. The van der Waals surface area contributed by atoms with Crippen molar-refractivity contribution in [3.05, 3.63) is 0 Å². The molecular weight excluding hydrogens is 246 g/mol. The van der Waals surface area contributed by atoms with Gasteiger partial charge >= 0.3 is 0 Å². The molecule has 0 amide bonds. The molecule has 0 unspecified atom stereocenters. The van der Waals surface area contributed by atoms with E-state index in [1.165, 1.54) is 44.9 Å². The van der Waals surface area contributed by atoms with Crippen LogP contribution in [-0.2, 0) is 4.74 Å². The van der Waals surface area contributed by atoms with Gasteiger partial charge in [0.1, 0.15) is 0 Å². The summed E-state index contributed by atoms with van der Waals surface area (Å²) in [6, 6.07) is 2.45. The number of nitrogens with zero attached hydrogens (tertiary/aromatic N) is 1. The second-order valence-electron chi connectivity index (χ2n) is 7.33. The summed E-state index contributed by atoms with van der Waals surface area (Å²) in [7, 11) is 0. The summed E-state index contributed by atoms with van der Waals surface area (Å²) in [5.41, 5.74) is 0. The van der Waals surface area contributed by atoms with Crippen LogP contribution in [0.2, 0.25) is 0 Å². The fourth-order valence-corrected chi connectivity index (χ4v) is 3.92. The predicted octanol–water partition coefficient (Wildman–Crippen LogP) is 4.94. The van der Waals surface area contributed by atoms with Gasteiger partial charge in [0.2, 0.25) is 0 Å². The minimum absolute atomic E-state index is 0.349. The third-order valence-electron chi connectivity index (χ3n) is 5.39. The highest BCUT2D eigenvalue weighted by molar-refractivity contribution is 4.89. The van der Waals surface area contributed by atoms with E-state index in [1.54, 1.807) is 0 Å². The molecule has 0 radical (unpaired) electrons. The van der Waals surface area contributed by atoms with E-state index in [-0.39, 0.29) is 0 Å².